The van der Waals surface area contributed by atoms with E-state index in [9.17, 15) is 4.79 Å². The van der Waals surface area contributed by atoms with Gasteiger partial charge in [-0.25, -0.2) is 0 Å². The molecule has 0 aliphatic heterocycles. The summed E-state index contributed by atoms with van der Waals surface area (Å²) in [7, 11) is 0. The molecular formula is C13H28N2O. The molecular weight excluding hydrogens is 200 g/mol. The first-order chi connectivity index (χ1) is 7.17. The molecule has 0 rings (SSSR count). The molecule has 3 heteroatoms. The fourth-order valence-corrected chi connectivity index (χ4v) is 1.47. The largest absolute Gasteiger partial charge is 0.350 e. The molecule has 0 radical (unpaired) electrons. The summed E-state index contributed by atoms with van der Waals surface area (Å²) in [6, 6.07) is 0.231. The van der Waals surface area contributed by atoms with Gasteiger partial charge in [0.1, 0.15) is 0 Å². The number of carbonyl (C=O) groups is 1. The standard InChI is InChI=1S/C13H28N2O/c1-8-9(2)10(3)14-11(4)12(16)15-13(5,6)7/h9-11,14H,8H2,1-7H3,(H,15,16). The molecule has 0 bridgehead atoms. The third-order valence-electron chi connectivity index (χ3n) is 2.90. The highest BCUT2D eigenvalue weighted by Gasteiger charge is 2.21. The minimum atomic E-state index is -0.160. The fourth-order valence-electron chi connectivity index (χ4n) is 1.47. The Morgan fingerprint density at radius 1 is 1.19 bits per heavy atom. The molecule has 3 unspecified atom stereocenters. The fraction of sp³-hybridized carbons (Fsp3) is 0.923. The Hall–Kier alpha value is -0.570. The van der Waals surface area contributed by atoms with Gasteiger partial charge in [0.05, 0.1) is 6.04 Å². The van der Waals surface area contributed by atoms with E-state index in [2.05, 4.69) is 31.4 Å². The van der Waals surface area contributed by atoms with Gasteiger partial charge < -0.3 is 10.6 Å². The molecule has 0 saturated heterocycles. The molecule has 2 N–H and O–H groups in total. The molecule has 0 spiro atoms. The third kappa shape index (κ3) is 6.11. The Bertz CT molecular complexity index is 220. The summed E-state index contributed by atoms with van der Waals surface area (Å²) < 4.78 is 0. The topological polar surface area (TPSA) is 41.1 Å². The van der Waals surface area contributed by atoms with Crippen LogP contribution in [0.25, 0.3) is 0 Å². The van der Waals surface area contributed by atoms with Gasteiger partial charge in [0, 0.05) is 11.6 Å². The van der Waals surface area contributed by atoms with Gasteiger partial charge in [0.25, 0.3) is 0 Å². The molecule has 16 heavy (non-hydrogen) atoms. The average Bonchev–Trinajstić information content (AvgIpc) is 2.13. The van der Waals surface area contributed by atoms with Gasteiger partial charge in [0.15, 0.2) is 0 Å². The molecule has 1 amide bonds. The van der Waals surface area contributed by atoms with Crippen molar-refractivity contribution in [2.45, 2.75) is 72.5 Å². The van der Waals surface area contributed by atoms with Gasteiger partial charge in [-0.05, 0) is 40.5 Å². The van der Waals surface area contributed by atoms with Crippen LogP contribution in [-0.4, -0.2) is 23.5 Å². The van der Waals surface area contributed by atoms with Crippen LogP contribution >= 0.6 is 0 Å². The first kappa shape index (κ1) is 15.4. The molecule has 0 aliphatic carbocycles. The van der Waals surface area contributed by atoms with Gasteiger partial charge in [-0.2, -0.15) is 0 Å². The first-order valence-electron chi connectivity index (χ1n) is 6.25. The summed E-state index contributed by atoms with van der Waals surface area (Å²) in [6.07, 6.45) is 1.13. The van der Waals surface area contributed by atoms with E-state index < -0.39 is 0 Å². The Kier molecular flexibility index (Phi) is 6.01. The Labute approximate surface area is 100 Å². The van der Waals surface area contributed by atoms with Gasteiger partial charge in [0.2, 0.25) is 5.91 Å². The zero-order chi connectivity index (χ0) is 12.9. The van der Waals surface area contributed by atoms with Gasteiger partial charge in [-0.15, -0.1) is 0 Å². The van der Waals surface area contributed by atoms with Crippen molar-refractivity contribution in [3.05, 3.63) is 0 Å². The second-order valence-electron chi connectivity index (χ2n) is 5.80. The van der Waals surface area contributed by atoms with E-state index in [0.29, 0.717) is 12.0 Å². The summed E-state index contributed by atoms with van der Waals surface area (Å²) in [5.41, 5.74) is -0.160. The summed E-state index contributed by atoms with van der Waals surface area (Å²) >= 11 is 0. The van der Waals surface area contributed by atoms with Crippen molar-refractivity contribution < 1.29 is 4.79 Å². The predicted octanol–water partition coefficient (Wildman–Crippen LogP) is 2.31. The molecule has 0 aromatic carbocycles. The lowest BCUT2D eigenvalue weighted by atomic mass is 10.00. The maximum absolute atomic E-state index is 11.8. The molecule has 3 nitrogen and oxygen atoms in total. The Balaban J connectivity index is 4.15. The molecule has 0 heterocycles. The number of hydrogen-bond donors (Lipinski definition) is 2. The van der Waals surface area contributed by atoms with Crippen LogP contribution in [0, 0.1) is 5.92 Å². The van der Waals surface area contributed by atoms with Gasteiger partial charge in [-0.1, -0.05) is 20.3 Å². The van der Waals surface area contributed by atoms with Crippen molar-refractivity contribution in [2.75, 3.05) is 0 Å². The third-order valence-corrected chi connectivity index (χ3v) is 2.90. The van der Waals surface area contributed by atoms with Crippen molar-refractivity contribution in [1.29, 1.82) is 0 Å². The van der Waals surface area contributed by atoms with Crippen molar-refractivity contribution in [3.63, 3.8) is 0 Å². The van der Waals surface area contributed by atoms with Crippen LogP contribution in [0.1, 0.15) is 54.9 Å². The van der Waals surface area contributed by atoms with E-state index >= 15 is 0 Å². The van der Waals surface area contributed by atoms with Crippen LogP contribution in [0.3, 0.4) is 0 Å². The number of nitrogens with one attached hydrogen (secondary N) is 2. The van der Waals surface area contributed by atoms with Crippen LogP contribution < -0.4 is 10.6 Å². The highest BCUT2D eigenvalue weighted by atomic mass is 16.2. The zero-order valence-electron chi connectivity index (χ0n) is 11.8. The number of carbonyl (C=O) groups excluding carboxylic acids is 1. The van der Waals surface area contributed by atoms with Crippen molar-refractivity contribution in [3.8, 4) is 0 Å². The van der Waals surface area contributed by atoms with Gasteiger partial charge >= 0.3 is 0 Å². The molecule has 3 atom stereocenters. The lowest BCUT2D eigenvalue weighted by molar-refractivity contribution is -0.124. The Morgan fingerprint density at radius 3 is 2.06 bits per heavy atom. The normalized spacial score (nSPS) is 17.7. The molecule has 0 saturated carbocycles. The van der Waals surface area contributed by atoms with Crippen LogP contribution in [0.2, 0.25) is 0 Å². The molecule has 96 valence electrons. The van der Waals surface area contributed by atoms with Crippen LogP contribution in [-0.2, 0) is 4.79 Å². The number of rotatable bonds is 5. The number of amides is 1. The minimum absolute atomic E-state index is 0.0719. The second-order valence-corrected chi connectivity index (χ2v) is 5.80. The highest BCUT2D eigenvalue weighted by Crippen LogP contribution is 2.08. The molecule has 0 fully saturated rings. The SMILES string of the molecule is CCC(C)C(C)NC(C)C(=O)NC(C)(C)C. The lowest BCUT2D eigenvalue weighted by Gasteiger charge is -2.27. The quantitative estimate of drug-likeness (QED) is 0.758. The van der Waals surface area contributed by atoms with Crippen molar-refractivity contribution in [2.24, 2.45) is 5.92 Å². The summed E-state index contributed by atoms with van der Waals surface area (Å²) in [6.45, 7) is 14.4. The first-order valence-corrected chi connectivity index (χ1v) is 6.25. The minimum Gasteiger partial charge on any atom is -0.350 e. The highest BCUT2D eigenvalue weighted by molar-refractivity contribution is 5.81. The summed E-state index contributed by atoms with van der Waals surface area (Å²) in [5.74, 6) is 0.660. The van der Waals surface area contributed by atoms with Crippen LogP contribution in [0.4, 0.5) is 0 Å². The van der Waals surface area contributed by atoms with Crippen LogP contribution in [0.5, 0.6) is 0 Å². The van der Waals surface area contributed by atoms with E-state index in [-0.39, 0.29) is 17.5 Å². The monoisotopic (exact) mass is 228 g/mol. The lowest BCUT2D eigenvalue weighted by Crippen LogP contribution is -2.52. The molecule has 0 aliphatic rings. The molecule has 0 aromatic rings. The number of hydrogen-bond acceptors (Lipinski definition) is 2. The summed E-state index contributed by atoms with van der Waals surface area (Å²) in [5, 5.41) is 6.32. The van der Waals surface area contributed by atoms with Gasteiger partial charge in [-0.3, -0.25) is 4.79 Å². The second kappa shape index (κ2) is 6.24. The van der Waals surface area contributed by atoms with E-state index in [1.807, 2.05) is 27.7 Å². The van der Waals surface area contributed by atoms with Crippen molar-refractivity contribution >= 4 is 5.91 Å². The van der Waals surface area contributed by atoms with E-state index in [1.165, 1.54) is 0 Å². The average molecular weight is 228 g/mol. The van der Waals surface area contributed by atoms with E-state index in [1.54, 1.807) is 0 Å². The van der Waals surface area contributed by atoms with Crippen molar-refractivity contribution in [1.82, 2.24) is 10.6 Å². The van der Waals surface area contributed by atoms with E-state index in [4.69, 9.17) is 0 Å². The summed E-state index contributed by atoms with van der Waals surface area (Å²) in [4.78, 5) is 11.8. The van der Waals surface area contributed by atoms with E-state index in [0.717, 1.165) is 6.42 Å². The molecule has 0 aromatic heterocycles. The maximum Gasteiger partial charge on any atom is 0.237 e. The maximum atomic E-state index is 11.8. The smallest absolute Gasteiger partial charge is 0.237 e. The van der Waals surface area contributed by atoms with Crippen LogP contribution in [0.15, 0.2) is 0 Å². The predicted molar refractivity (Wildman–Crippen MR) is 69.4 cm³/mol. The Morgan fingerprint density at radius 2 is 1.69 bits per heavy atom. The zero-order valence-corrected chi connectivity index (χ0v) is 11.8.